The number of nitrogens with one attached hydrogen (secondary N) is 1. The van der Waals surface area contributed by atoms with Crippen LogP contribution in [0, 0.1) is 0 Å². The molecule has 0 bridgehead atoms. The number of hydrogen-bond acceptors (Lipinski definition) is 4. The van der Waals surface area contributed by atoms with Crippen molar-refractivity contribution >= 4 is 15.7 Å². The second-order valence-electron chi connectivity index (χ2n) is 8.32. The summed E-state index contributed by atoms with van der Waals surface area (Å²) in [7, 11) is -3.36. The van der Waals surface area contributed by atoms with Gasteiger partial charge in [-0.1, -0.05) is 54.6 Å². The van der Waals surface area contributed by atoms with Gasteiger partial charge in [-0.2, -0.15) is 0 Å². The minimum atomic E-state index is -3.36. The van der Waals surface area contributed by atoms with E-state index in [-0.39, 0.29) is 10.8 Å². The largest absolute Gasteiger partial charge is 0.348 e. The third-order valence-electron chi connectivity index (χ3n) is 5.85. The molecule has 1 aliphatic rings. The summed E-state index contributed by atoms with van der Waals surface area (Å²) in [6.07, 6.45) is 3.71. The van der Waals surface area contributed by atoms with Crippen LogP contribution in [-0.2, 0) is 22.9 Å². The molecule has 5 nitrogen and oxygen atoms in total. The molecule has 166 valence electrons. The molecule has 0 saturated carbocycles. The van der Waals surface area contributed by atoms with Gasteiger partial charge in [0.1, 0.15) is 0 Å². The fourth-order valence-electron chi connectivity index (χ4n) is 4.09. The number of benzene rings is 3. The van der Waals surface area contributed by atoms with Crippen LogP contribution in [0.4, 0.5) is 0 Å². The zero-order valence-corrected chi connectivity index (χ0v) is 19.1. The van der Waals surface area contributed by atoms with E-state index in [0.29, 0.717) is 12.1 Å². The Hall–Kier alpha value is -2.96. The second kappa shape index (κ2) is 9.67. The maximum absolute atomic E-state index is 12.6. The summed E-state index contributed by atoms with van der Waals surface area (Å²) < 4.78 is 23.5. The number of likely N-dealkylation sites (tertiary alicyclic amines) is 1. The molecular formula is C26H28N2O3S. The Labute approximate surface area is 190 Å². The molecule has 3 aromatic carbocycles. The van der Waals surface area contributed by atoms with Gasteiger partial charge in [0.05, 0.1) is 4.90 Å². The lowest BCUT2D eigenvalue weighted by Crippen LogP contribution is -2.23. The Bertz CT molecular complexity index is 1200. The Kier molecular flexibility index (Phi) is 6.72. The van der Waals surface area contributed by atoms with Gasteiger partial charge in [-0.05, 0) is 66.4 Å². The number of nitrogens with zero attached hydrogens (tertiary/aromatic N) is 1. The number of sulfone groups is 1. The van der Waals surface area contributed by atoms with E-state index in [2.05, 4.69) is 40.5 Å². The standard InChI is InChI=1S/C26H28N2O3S/c1-32(30,31)24-9-6-8-22(17-24)26(29)27-18-23-7-2-3-10-25(23)21-13-11-20(12-14-21)19-28-15-4-5-16-28/h2-3,6-14,17H,4-5,15-16,18-19H2,1H3,(H,27,29). The van der Waals surface area contributed by atoms with Crippen molar-refractivity contribution in [2.24, 2.45) is 0 Å². The zero-order valence-electron chi connectivity index (χ0n) is 18.3. The summed E-state index contributed by atoms with van der Waals surface area (Å²) in [5.74, 6) is -0.300. The van der Waals surface area contributed by atoms with E-state index in [4.69, 9.17) is 0 Å². The van der Waals surface area contributed by atoms with Crippen molar-refractivity contribution in [1.29, 1.82) is 0 Å². The predicted molar refractivity (Wildman–Crippen MR) is 127 cm³/mol. The number of amides is 1. The Morgan fingerprint density at radius 2 is 1.66 bits per heavy atom. The molecule has 0 aliphatic carbocycles. The molecule has 1 saturated heterocycles. The highest BCUT2D eigenvalue weighted by Gasteiger charge is 2.14. The van der Waals surface area contributed by atoms with Crippen molar-refractivity contribution in [3.8, 4) is 11.1 Å². The molecule has 0 aromatic heterocycles. The highest BCUT2D eigenvalue weighted by molar-refractivity contribution is 7.90. The van der Waals surface area contributed by atoms with Gasteiger partial charge >= 0.3 is 0 Å². The number of rotatable bonds is 7. The Balaban J connectivity index is 1.46. The van der Waals surface area contributed by atoms with E-state index in [9.17, 15) is 13.2 Å². The zero-order chi connectivity index (χ0) is 22.6. The average molecular weight is 449 g/mol. The Morgan fingerprint density at radius 1 is 0.938 bits per heavy atom. The molecule has 0 unspecified atom stereocenters. The minimum Gasteiger partial charge on any atom is -0.348 e. The predicted octanol–water partition coefficient (Wildman–Crippen LogP) is 4.28. The Morgan fingerprint density at radius 3 is 2.38 bits per heavy atom. The van der Waals surface area contributed by atoms with Crippen molar-refractivity contribution in [2.75, 3.05) is 19.3 Å². The first-order valence-electron chi connectivity index (χ1n) is 10.9. The van der Waals surface area contributed by atoms with Gasteiger partial charge in [0.25, 0.3) is 5.91 Å². The van der Waals surface area contributed by atoms with Gasteiger partial charge in [-0.15, -0.1) is 0 Å². The van der Waals surface area contributed by atoms with Crippen molar-refractivity contribution in [3.63, 3.8) is 0 Å². The summed E-state index contributed by atoms with van der Waals surface area (Å²) in [5, 5.41) is 2.92. The number of carbonyl (C=O) groups excluding carboxylic acids is 1. The number of hydrogen-bond donors (Lipinski definition) is 1. The van der Waals surface area contributed by atoms with Gasteiger partial charge < -0.3 is 5.32 Å². The average Bonchev–Trinajstić information content (AvgIpc) is 3.31. The van der Waals surface area contributed by atoms with E-state index in [1.54, 1.807) is 12.1 Å². The first-order valence-corrected chi connectivity index (χ1v) is 12.8. The molecule has 1 fully saturated rings. The topological polar surface area (TPSA) is 66.5 Å². The van der Waals surface area contributed by atoms with E-state index >= 15 is 0 Å². The maximum atomic E-state index is 12.6. The van der Waals surface area contributed by atoms with Crippen LogP contribution in [0.1, 0.15) is 34.3 Å². The van der Waals surface area contributed by atoms with Crippen LogP contribution in [0.5, 0.6) is 0 Å². The van der Waals surface area contributed by atoms with Crippen LogP contribution in [0.15, 0.2) is 77.7 Å². The molecule has 0 atom stereocenters. The van der Waals surface area contributed by atoms with Crippen LogP contribution in [-0.4, -0.2) is 38.6 Å². The third kappa shape index (κ3) is 5.44. The SMILES string of the molecule is CS(=O)(=O)c1cccc(C(=O)NCc2ccccc2-c2ccc(CN3CCCC3)cc2)c1. The van der Waals surface area contributed by atoms with Gasteiger partial charge in [0, 0.05) is 24.9 Å². The summed E-state index contributed by atoms with van der Waals surface area (Å²) >= 11 is 0. The van der Waals surface area contributed by atoms with Crippen molar-refractivity contribution in [2.45, 2.75) is 30.8 Å². The van der Waals surface area contributed by atoms with Crippen molar-refractivity contribution < 1.29 is 13.2 Å². The lowest BCUT2D eigenvalue weighted by molar-refractivity contribution is 0.0950. The molecule has 32 heavy (non-hydrogen) atoms. The lowest BCUT2D eigenvalue weighted by Gasteiger charge is -2.15. The fourth-order valence-corrected chi connectivity index (χ4v) is 4.76. The quantitative estimate of drug-likeness (QED) is 0.586. The van der Waals surface area contributed by atoms with E-state index < -0.39 is 9.84 Å². The molecular weight excluding hydrogens is 420 g/mol. The second-order valence-corrected chi connectivity index (χ2v) is 10.3. The minimum absolute atomic E-state index is 0.138. The first-order chi connectivity index (χ1) is 15.4. The fraction of sp³-hybridized carbons (Fsp3) is 0.269. The van der Waals surface area contributed by atoms with E-state index in [1.807, 2.05) is 18.2 Å². The van der Waals surface area contributed by atoms with Gasteiger partial charge in [0.2, 0.25) is 0 Å². The van der Waals surface area contributed by atoms with E-state index in [1.165, 1.54) is 43.6 Å². The third-order valence-corrected chi connectivity index (χ3v) is 6.96. The molecule has 0 radical (unpaired) electrons. The summed E-state index contributed by atoms with van der Waals surface area (Å²) in [4.78, 5) is 15.3. The van der Waals surface area contributed by atoms with Gasteiger partial charge in [0.15, 0.2) is 9.84 Å². The van der Waals surface area contributed by atoms with Crippen LogP contribution in [0.3, 0.4) is 0 Å². The summed E-state index contributed by atoms with van der Waals surface area (Å²) in [5.41, 5.74) is 4.83. The molecule has 0 spiro atoms. The monoisotopic (exact) mass is 448 g/mol. The van der Waals surface area contributed by atoms with Gasteiger partial charge in [-0.3, -0.25) is 9.69 Å². The van der Waals surface area contributed by atoms with E-state index in [0.717, 1.165) is 29.5 Å². The maximum Gasteiger partial charge on any atom is 0.251 e. The smallest absolute Gasteiger partial charge is 0.251 e. The number of carbonyl (C=O) groups is 1. The van der Waals surface area contributed by atoms with Crippen LogP contribution < -0.4 is 5.32 Å². The summed E-state index contributed by atoms with van der Waals surface area (Å²) in [6.45, 7) is 3.70. The molecule has 1 aliphatic heterocycles. The van der Waals surface area contributed by atoms with Gasteiger partial charge in [-0.25, -0.2) is 8.42 Å². The van der Waals surface area contributed by atoms with Crippen molar-refractivity contribution in [1.82, 2.24) is 10.2 Å². The summed E-state index contributed by atoms with van der Waals surface area (Å²) in [6, 6.07) is 22.8. The van der Waals surface area contributed by atoms with Crippen molar-refractivity contribution in [3.05, 3.63) is 89.5 Å². The normalized spacial score (nSPS) is 14.4. The highest BCUT2D eigenvalue weighted by atomic mass is 32.2. The first kappa shape index (κ1) is 22.2. The van der Waals surface area contributed by atoms with Crippen LogP contribution in [0.2, 0.25) is 0 Å². The molecule has 3 aromatic rings. The molecule has 1 heterocycles. The highest BCUT2D eigenvalue weighted by Crippen LogP contribution is 2.25. The molecule has 4 rings (SSSR count). The lowest BCUT2D eigenvalue weighted by atomic mass is 9.98. The molecule has 6 heteroatoms. The molecule has 1 amide bonds. The van der Waals surface area contributed by atoms with Crippen LogP contribution in [0.25, 0.3) is 11.1 Å². The van der Waals surface area contributed by atoms with Crippen LogP contribution >= 0.6 is 0 Å². The molecule has 1 N–H and O–H groups in total.